The van der Waals surface area contributed by atoms with Gasteiger partial charge in [-0.15, -0.1) is 0 Å². The van der Waals surface area contributed by atoms with E-state index in [1.165, 1.54) is 0 Å². The number of rotatable bonds is 1. The molecule has 0 spiro atoms. The highest BCUT2D eigenvalue weighted by Crippen LogP contribution is 2.35. The second kappa shape index (κ2) is 3.88. The molecule has 0 saturated heterocycles. The lowest BCUT2D eigenvalue weighted by atomic mass is 9.79. The van der Waals surface area contributed by atoms with Crippen molar-refractivity contribution in [3.63, 3.8) is 0 Å². The highest BCUT2D eigenvalue weighted by molar-refractivity contribution is 9.10. The van der Waals surface area contributed by atoms with E-state index in [0.717, 1.165) is 36.0 Å². The molecular formula is C10H16BrN3O. The average Bonchev–Trinajstić information content (AvgIpc) is 2.52. The van der Waals surface area contributed by atoms with Gasteiger partial charge in [0.1, 0.15) is 4.60 Å². The van der Waals surface area contributed by atoms with Crippen LogP contribution in [0, 0.1) is 0 Å². The van der Waals surface area contributed by atoms with Crippen molar-refractivity contribution in [2.75, 3.05) is 0 Å². The normalized spacial score (nSPS) is 31.9. The second-order valence-corrected chi connectivity index (χ2v) is 5.18. The maximum atomic E-state index is 9.48. The van der Waals surface area contributed by atoms with E-state index in [4.69, 9.17) is 5.73 Å². The Kier molecular flexibility index (Phi) is 2.87. The first-order valence-electron chi connectivity index (χ1n) is 5.18. The van der Waals surface area contributed by atoms with Crippen molar-refractivity contribution in [1.29, 1.82) is 0 Å². The van der Waals surface area contributed by atoms with Crippen LogP contribution in [0.25, 0.3) is 0 Å². The molecule has 5 heteroatoms. The van der Waals surface area contributed by atoms with Crippen LogP contribution in [0.5, 0.6) is 0 Å². The van der Waals surface area contributed by atoms with Gasteiger partial charge in [-0.3, -0.25) is 4.68 Å². The molecule has 1 heterocycles. The molecule has 15 heavy (non-hydrogen) atoms. The van der Waals surface area contributed by atoms with Crippen molar-refractivity contribution in [1.82, 2.24) is 9.78 Å². The van der Waals surface area contributed by atoms with Gasteiger partial charge >= 0.3 is 0 Å². The largest absolute Gasteiger partial charge is 0.393 e. The number of hydrogen-bond donors (Lipinski definition) is 2. The van der Waals surface area contributed by atoms with Gasteiger partial charge in [-0.25, -0.2) is 0 Å². The van der Waals surface area contributed by atoms with E-state index in [-0.39, 0.29) is 11.6 Å². The van der Waals surface area contributed by atoms with Gasteiger partial charge in [0.25, 0.3) is 0 Å². The number of nitrogens with zero attached hydrogens (tertiary/aromatic N) is 2. The number of aryl methyl sites for hydroxylation is 1. The van der Waals surface area contributed by atoms with Crippen LogP contribution in [0.4, 0.5) is 0 Å². The number of nitrogens with two attached hydrogens (primary N) is 1. The molecule has 0 aliphatic heterocycles. The van der Waals surface area contributed by atoms with Crippen LogP contribution in [0.2, 0.25) is 0 Å². The molecule has 1 saturated carbocycles. The zero-order valence-electron chi connectivity index (χ0n) is 8.78. The Hall–Kier alpha value is -0.390. The van der Waals surface area contributed by atoms with Gasteiger partial charge in [0.2, 0.25) is 0 Å². The minimum absolute atomic E-state index is 0.182. The van der Waals surface area contributed by atoms with Crippen molar-refractivity contribution in [3.05, 3.63) is 16.4 Å². The molecule has 0 unspecified atom stereocenters. The molecule has 1 aliphatic carbocycles. The summed E-state index contributed by atoms with van der Waals surface area (Å²) in [5, 5.41) is 13.7. The molecule has 0 aromatic carbocycles. The summed E-state index contributed by atoms with van der Waals surface area (Å²) in [6, 6.07) is 1.97. The van der Waals surface area contributed by atoms with Gasteiger partial charge in [0.15, 0.2) is 0 Å². The SMILES string of the molecule is Cn1nc(Br)cc1C1(N)CCC(O)CC1. The Labute approximate surface area is 97.6 Å². The lowest BCUT2D eigenvalue weighted by Gasteiger charge is -2.35. The monoisotopic (exact) mass is 273 g/mol. The molecule has 84 valence electrons. The Morgan fingerprint density at radius 1 is 1.60 bits per heavy atom. The minimum atomic E-state index is -0.326. The van der Waals surface area contributed by atoms with Crippen LogP contribution < -0.4 is 5.73 Å². The topological polar surface area (TPSA) is 64.1 Å². The predicted octanol–water partition coefficient (Wildman–Crippen LogP) is 1.27. The fourth-order valence-corrected chi connectivity index (χ4v) is 2.73. The van der Waals surface area contributed by atoms with E-state index in [1.54, 1.807) is 0 Å². The van der Waals surface area contributed by atoms with Gasteiger partial charge in [0, 0.05) is 7.05 Å². The average molecular weight is 274 g/mol. The standard InChI is InChI=1S/C10H16BrN3O/c1-14-8(6-9(11)13-14)10(12)4-2-7(15)3-5-10/h6-7,15H,2-5,12H2,1H3. The van der Waals surface area contributed by atoms with Crippen LogP contribution in [0.15, 0.2) is 10.7 Å². The predicted molar refractivity (Wildman–Crippen MR) is 61.2 cm³/mol. The van der Waals surface area contributed by atoms with Gasteiger partial charge in [-0.05, 0) is 47.7 Å². The van der Waals surface area contributed by atoms with Crippen LogP contribution in [-0.4, -0.2) is 21.0 Å². The van der Waals surface area contributed by atoms with E-state index < -0.39 is 0 Å². The lowest BCUT2D eigenvalue weighted by Crippen LogP contribution is -2.43. The van der Waals surface area contributed by atoms with Crippen molar-refractivity contribution >= 4 is 15.9 Å². The molecule has 1 aromatic heterocycles. The van der Waals surface area contributed by atoms with E-state index >= 15 is 0 Å². The fraction of sp³-hybridized carbons (Fsp3) is 0.700. The summed E-state index contributed by atoms with van der Waals surface area (Å²) in [6.07, 6.45) is 3.01. The lowest BCUT2D eigenvalue weighted by molar-refractivity contribution is 0.0943. The van der Waals surface area contributed by atoms with Gasteiger partial charge in [-0.1, -0.05) is 0 Å². The van der Waals surface area contributed by atoms with E-state index in [1.807, 2.05) is 17.8 Å². The summed E-state index contributed by atoms with van der Waals surface area (Å²) in [5.74, 6) is 0. The summed E-state index contributed by atoms with van der Waals surface area (Å²) in [5.41, 5.74) is 7.08. The molecule has 3 N–H and O–H groups in total. The highest BCUT2D eigenvalue weighted by atomic mass is 79.9. The summed E-state index contributed by atoms with van der Waals surface area (Å²) in [7, 11) is 1.90. The highest BCUT2D eigenvalue weighted by Gasteiger charge is 2.35. The van der Waals surface area contributed by atoms with E-state index in [9.17, 15) is 5.11 Å². The molecular weight excluding hydrogens is 258 g/mol. The third-order valence-electron chi connectivity index (χ3n) is 3.21. The van der Waals surface area contributed by atoms with Crippen molar-refractivity contribution in [3.8, 4) is 0 Å². The van der Waals surface area contributed by atoms with Gasteiger partial charge in [0.05, 0.1) is 17.3 Å². The van der Waals surface area contributed by atoms with Crippen LogP contribution in [0.1, 0.15) is 31.4 Å². The molecule has 0 radical (unpaired) electrons. The summed E-state index contributed by atoms with van der Waals surface area (Å²) < 4.78 is 2.64. The Morgan fingerprint density at radius 2 is 2.20 bits per heavy atom. The summed E-state index contributed by atoms with van der Waals surface area (Å²) >= 11 is 3.35. The maximum Gasteiger partial charge on any atom is 0.128 e. The first-order chi connectivity index (χ1) is 7.01. The molecule has 2 rings (SSSR count). The number of aliphatic hydroxyl groups is 1. The third kappa shape index (κ3) is 2.09. The first-order valence-corrected chi connectivity index (χ1v) is 5.97. The summed E-state index contributed by atoms with van der Waals surface area (Å²) in [4.78, 5) is 0. The molecule has 1 aromatic rings. The fourth-order valence-electron chi connectivity index (χ4n) is 2.27. The Balaban J connectivity index is 2.25. The number of aromatic nitrogens is 2. The number of aliphatic hydroxyl groups excluding tert-OH is 1. The van der Waals surface area contributed by atoms with Crippen molar-refractivity contribution < 1.29 is 5.11 Å². The molecule has 0 atom stereocenters. The van der Waals surface area contributed by atoms with Crippen LogP contribution >= 0.6 is 15.9 Å². The van der Waals surface area contributed by atoms with Crippen molar-refractivity contribution in [2.24, 2.45) is 12.8 Å². The van der Waals surface area contributed by atoms with Crippen LogP contribution in [0.3, 0.4) is 0 Å². The first kappa shape index (κ1) is 11.1. The van der Waals surface area contributed by atoms with E-state index in [2.05, 4.69) is 21.0 Å². The number of hydrogen-bond acceptors (Lipinski definition) is 3. The zero-order valence-corrected chi connectivity index (χ0v) is 10.4. The smallest absolute Gasteiger partial charge is 0.128 e. The second-order valence-electron chi connectivity index (χ2n) is 4.36. The molecule has 0 amide bonds. The van der Waals surface area contributed by atoms with E-state index in [0.29, 0.717) is 0 Å². The summed E-state index contributed by atoms with van der Waals surface area (Å²) in [6.45, 7) is 0. The molecule has 0 bridgehead atoms. The van der Waals surface area contributed by atoms with Crippen molar-refractivity contribution in [2.45, 2.75) is 37.3 Å². The minimum Gasteiger partial charge on any atom is -0.393 e. The number of halogens is 1. The quantitative estimate of drug-likeness (QED) is 0.810. The molecule has 4 nitrogen and oxygen atoms in total. The zero-order chi connectivity index (χ0) is 11.1. The maximum absolute atomic E-state index is 9.48. The Morgan fingerprint density at radius 3 is 2.67 bits per heavy atom. The van der Waals surface area contributed by atoms with Gasteiger partial charge < -0.3 is 10.8 Å². The Bertz CT molecular complexity index is 356. The van der Waals surface area contributed by atoms with Crippen LogP contribution in [-0.2, 0) is 12.6 Å². The molecule has 1 fully saturated rings. The van der Waals surface area contributed by atoms with Gasteiger partial charge in [-0.2, -0.15) is 5.10 Å². The molecule has 1 aliphatic rings. The third-order valence-corrected chi connectivity index (χ3v) is 3.59.